The summed E-state index contributed by atoms with van der Waals surface area (Å²) in [5.41, 5.74) is 0.267. The first-order valence-corrected chi connectivity index (χ1v) is 7.60. The highest BCUT2D eigenvalue weighted by atomic mass is 16.3. The van der Waals surface area contributed by atoms with Crippen LogP contribution < -0.4 is 0 Å². The summed E-state index contributed by atoms with van der Waals surface area (Å²) in [6, 6.07) is 0. The van der Waals surface area contributed by atoms with Gasteiger partial charge in [-0.1, -0.05) is 39.0 Å². The Balaban J connectivity index is 0.000000211. The maximum atomic E-state index is 11.5. The van der Waals surface area contributed by atoms with E-state index in [1.807, 2.05) is 59.8 Å². The molecular formula is C18H28O3. The van der Waals surface area contributed by atoms with Gasteiger partial charge >= 0.3 is 0 Å². The first-order chi connectivity index (χ1) is 9.47. The fourth-order valence-electron chi connectivity index (χ4n) is 3.05. The molecule has 0 spiro atoms. The van der Waals surface area contributed by atoms with Crippen LogP contribution in [0.25, 0.3) is 0 Å². The Kier molecular flexibility index (Phi) is 5.32. The minimum atomic E-state index is -0.308. The van der Waals surface area contributed by atoms with Crippen LogP contribution in [0.2, 0.25) is 0 Å². The molecule has 0 amide bonds. The number of carbonyl (C=O) groups is 2. The summed E-state index contributed by atoms with van der Waals surface area (Å²) in [6.07, 6.45) is 6.71. The Morgan fingerprint density at radius 1 is 1.19 bits per heavy atom. The van der Waals surface area contributed by atoms with Crippen molar-refractivity contribution in [2.75, 3.05) is 0 Å². The van der Waals surface area contributed by atoms with Gasteiger partial charge < -0.3 is 5.11 Å². The Labute approximate surface area is 128 Å². The monoisotopic (exact) mass is 292 g/mol. The molecule has 0 aromatic heterocycles. The second kappa shape index (κ2) is 6.27. The average molecular weight is 292 g/mol. The number of carbonyl (C=O) groups excluding carboxylic acids is 2. The molecule has 1 fully saturated rings. The lowest BCUT2D eigenvalue weighted by molar-refractivity contribution is -0.137. The van der Waals surface area contributed by atoms with Crippen LogP contribution in [0, 0.1) is 16.7 Å². The van der Waals surface area contributed by atoms with Crippen LogP contribution in [-0.2, 0) is 9.59 Å². The van der Waals surface area contributed by atoms with Crippen LogP contribution in [0.3, 0.4) is 0 Å². The highest BCUT2D eigenvalue weighted by Gasteiger charge is 2.38. The topological polar surface area (TPSA) is 54.4 Å². The molecule has 2 unspecified atom stereocenters. The molecular weight excluding hydrogens is 264 g/mol. The van der Waals surface area contributed by atoms with E-state index in [0.29, 0.717) is 18.6 Å². The van der Waals surface area contributed by atoms with Gasteiger partial charge in [0.05, 0.1) is 6.10 Å². The molecule has 0 aliphatic heterocycles. The maximum Gasteiger partial charge on any atom is 0.167 e. The van der Waals surface area contributed by atoms with E-state index in [-0.39, 0.29) is 28.6 Å². The summed E-state index contributed by atoms with van der Waals surface area (Å²) in [7, 11) is 0. The number of ketones is 2. The van der Waals surface area contributed by atoms with Gasteiger partial charge in [0.2, 0.25) is 0 Å². The summed E-state index contributed by atoms with van der Waals surface area (Å²) in [6.45, 7) is 11.4. The lowest BCUT2D eigenvalue weighted by atomic mass is 9.70. The quantitative estimate of drug-likeness (QED) is 0.744. The average Bonchev–Trinajstić information content (AvgIpc) is 2.33. The van der Waals surface area contributed by atoms with Gasteiger partial charge in [-0.3, -0.25) is 9.59 Å². The zero-order valence-electron chi connectivity index (χ0n) is 14.1. The van der Waals surface area contributed by atoms with E-state index >= 15 is 0 Å². The third kappa shape index (κ3) is 4.37. The summed E-state index contributed by atoms with van der Waals surface area (Å²) in [5, 5.41) is 9.38. The van der Waals surface area contributed by atoms with Gasteiger partial charge in [0, 0.05) is 16.7 Å². The zero-order valence-corrected chi connectivity index (χ0v) is 14.1. The van der Waals surface area contributed by atoms with Crippen LogP contribution in [-0.4, -0.2) is 22.8 Å². The van der Waals surface area contributed by atoms with Gasteiger partial charge in [-0.05, 0) is 39.2 Å². The van der Waals surface area contributed by atoms with E-state index in [9.17, 15) is 14.7 Å². The van der Waals surface area contributed by atoms with Crippen molar-refractivity contribution in [1.82, 2.24) is 0 Å². The number of Topliss-reactive ketones (excluding diaryl/α,β-unsaturated/α-hetero) is 2. The lowest BCUT2D eigenvalue weighted by Crippen LogP contribution is -2.40. The maximum absolute atomic E-state index is 11.5. The number of hydrogen-bond acceptors (Lipinski definition) is 3. The van der Waals surface area contributed by atoms with Gasteiger partial charge in [-0.25, -0.2) is 0 Å². The van der Waals surface area contributed by atoms with Crippen molar-refractivity contribution >= 4 is 11.6 Å². The Morgan fingerprint density at radius 3 is 2.19 bits per heavy atom. The number of aliphatic hydroxyl groups is 1. The van der Waals surface area contributed by atoms with Crippen LogP contribution in [0.1, 0.15) is 54.4 Å². The molecule has 0 aromatic rings. The number of rotatable bonds is 0. The Bertz CT molecular complexity index is 481. The smallest absolute Gasteiger partial charge is 0.167 e. The standard InChI is InChI=1S/C9H16O2.C9H12O/c1-6-4-7(10)5-9(2,3)8(6)11;1-7-5-4-6-9(2,3)8(7)10/h6-7,10H,4-5H2,1-3H3;4-6H,1-3H3. The number of allylic oxidation sites excluding steroid dienone is 4. The van der Waals surface area contributed by atoms with Gasteiger partial charge in [-0.2, -0.15) is 0 Å². The number of aliphatic hydroxyl groups excluding tert-OH is 1. The van der Waals surface area contributed by atoms with Crippen molar-refractivity contribution < 1.29 is 14.7 Å². The molecule has 0 heterocycles. The zero-order chi connectivity index (χ0) is 16.4. The Morgan fingerprint density at radius 2 is 1.76 bits per heavy atom. The molecule has 1 N–H and O–H groups in total. The van der Waals surface area contributed by atoms with E-state index in [0.717, 1.165) is 5.57 Å². The van der Waals surface area contributed by atoms with Crippen molar-refractivity contribution in [3.63, 3.8) is 0 Å². The SMILES string of the molecule is CC1=CC=CC(C)(C)C1=O.CC1CC(O)CC(C)(C)C1=O. The van der Waals surface area contributed by atoms with Crippen LogP contribution in [0.5, 0.6) is 0 Å². The third-order valence-corrected chi connectivity index (χ3v) is 4.29. The molecule has 0 aromatic carbocycles. The molecule has 21 heavy (non-hydrogen) atoms. The molecule has 118 valence electrons. The summed E-state index contributed by atoms with van der Waals surface area (Å²) < 4.78 is 0. The van der Waals surface area contributed by atoms with Crippen LogP contribution in [0.15, 0.2) is 23.8 Å². The minimum Gasteiger partial charge on any atom is -0.393 e. The van der Waals surface area contributed by atoms with E-state index in [2.05, 4.69) is 0 Å². The van der Waals surface area contributed by atoms with Crippen molar-refractivity contribution in [2.24, 2.45) is 16.7 Å². The molecule has 2 aliphatic carbocycles. The minimum absolute atomic E-state index is 0.0359. The van der Waals surface area contributed by atoms with Gasteiger partial charge in [0.25, 0.3) is 0 Å². The predicted molar refractivity (Wildman–Crippen MR) is 84.9 cm³/mol. The van der Waals surface area contributed by atoms with E-state index in [1.54, 1.807) is 0 Å². The molecule has 1 saturated carbocycles. The predicted octanol–water partition coefficient (Wildman–Crippen LogP) is 3.47. The fraction of sp³-hybridized carbons (Fsp3) is 0.667. The molecule has 0 radical (unpaired) electrons. The molecule has 2 rings (SSSR count). The summed E-state index contributed by atoms with van der Waals surface area (Å²) in [5.74, 6) is 0.562. The second-order valence-electron chi connectivity index (χ2n) is 7.50. The first kappa shape index (κ1) is 17.8. The largest absolute Gasteiger partial charge is 0.393 e. The highest BCUT2D eigenvalue weighted by Crippen LogP contribution is 2.35. The van der Waals surface area contributed by atoms with Crippen LogP contribution in [0.4, 0.5) is 0 Å². The summed E-state index contributed by atoms with van der Waals surface area (Å²) in [4.78, 5) is 22.8. The molecule has 2 atom stereocenters. The van der Waals surface area contributed by atoms with Crippen LogP contribution >= 0.6 is 0 Å². The molecule has 3 heteroatoms. The highest BCUT2D eigenvalue weighted by molar-refractivity contribution is 6.01. The lowest BCUT2D eigenvalue weighted by Gasteiger charge is -2.34. The normalized spacial score (nSPS) is 30.3. The van der Waals surface area contributed by atoms with E-state index in [1.165, 1.54) is 0 Å². The van der Waals surface area contributed by atoms with Crippen molar-refractivity contribution in [3.8, 4) is 0 Å². The molecule has 0 saturated heterocycles. The van der Waals surface area contributed by atoms with Gasteiger partial charge in [-0.15, -0.1) is 0 Å². The van der Waals surface area contributed by atoms with Crippen molar-refractivity contribution in [2.45, 2.75) is 60.5 Å². The molecule has 0 bridgehead atoms. The van der Waals surface area contributed by atoms with Crippen molar-refractivity contribution in [1.29, 1.82) is 0 Å². The van der Waals surface area contributed by atoms with Crippen molar-refractivity contribution in [3.05, 3.63) is 23.8 Å². The fourth-order valence-corrected chi connectivity index (χ4v) is 3.05. The van der Waals surface area contributed by atoms with E-state index in [4.69, 9.17) is 0 Å². The summed E-state index contributed by atoms with van der Waals surface area (Å²) >= 11 is 0. The second-order valence-corrected chi connectivity index (χ2v) is 7.50. The molecule has 3 nitrogen and oxygen atoms in total. The van der Waals surface area contributed by atoms with E-state index < -0.39 is 0 Å². The van der Waals surface area contributed by atoms with Gasteiger partial charge in [0.1, 0.15) is 5.78 Å². The Hall–Kier alpha value is -1.22. The first-order valence-electron chi connectivity index (χ1n) is 7.60. The third-order valence-electron chi connectivity index (χ3n) is 4.29. The number of hydrogen-bond donors (Lipinski definition) is 1. The van der Waals surface area contributed by atoms with Gasteiger partial charge in [0.15, 0.2) is 5.78 Å². The molecule has 2 aliphatic rings.